The molecule has 2 aromatic rings. The van der Waals surface area contributed by atoms with E-state index in [4.69, 9.17) is 5.11 Å². The van der Waals surface area contributed by atoms with Crippen LogP contribution < -0.4 is 10.6 Å². The number of aliphatic hydroxyl groups is 1. The molecular formula is C16H18N2O2. The van der Waals surface area contributed by atoms with E-state index < -0.39 is 0 Å². The number of rotatable bonds is 5. The Kier molecular flexibility index (Phi) is 5.15. The van der Waals surface area contributed by atoms with Crippen LogP contribution in [0, 0.1) is 0 Å². The minimum Gasteiger partial charge on any atom is -0.396 e. The third kappa shape index (κ3) is 4.10. The van der Waals surface area contributed by atoms with Gasteiger partial charge in [0.25, 0.3) is 0 Å². The number of carbonyl (C=O) groups excluding carboxylic acids is 1. The highest BCUT2D eigenvalue weighted by molar-refractivity contribution is 5.89. The van der Waals surface area contributed by atoms with Gasteiger partial charge >= 0.3 is 6.03 Å². The van der Waals surface area contributed by atoms with Crippen LogP contribution in [0.25, 0.3) is 0 Å². The van der Waals surface area contributed by atoms with Gasteiger partial charge in [0.2, 0.25) is 0 Å². The molecule has 4 nitrogen and oxygen atoms in total. The molecule has 0 aliphatic rings. The molecule has 3 N–H and O–H groups in total. The van der Waals surface area contributed by atoms with Gasteiger partial charge in [-0.3, -0.25) is 0 Å². The van der Waals surface area contributed by atoms with Crippen LogP contribution in [-0.2, 0) is 0 Å². The van der Waals surface area contributed by atoms with Gasteiger partial charge in [0.15, 0.2) is 0 Å². The van der Waals surface area contributed by atoms with Gasteiger partial charge in [0.1, 0.15) is 0 Å². The summed E-state index contributed by atoms with van der Waals surface area (Å²) in [6, 6.07) is 18.4. The predicted molar refractivity (Wildman–Crippen MR) is 79.5 cm³/mol. The first-order valence-electron chi connectivity index (χ1n) is 6.58. The first kappa shape index (κ1) is 14.1. The van der Waals surface area contributed by atoms with E-state index in [-0.39, 0.29) is 18.7 Å². The largest absolute Gasteiger partial charge is 0.396 e. The molecule has 0 radical (unpaired) electrons. The standard InChI is InChI=1S/C16H18N2O2/c19-12-11-15(13-7-3-1-4-8-13)18-16(20)17-14-9-5-2-6-10-14/h1-10,15,19H,11-12H2,(H2,17,18,20)/t15-/m1/s1. The maximum Gasteiger partial charge on any atom is 0.319 e. The van der Waals surface area contributed by atoms with Crippen LogP contribution in [0.1, 0.15) is 18.0 Å². The Bertz CT molecular complexity index is 529. The lowest BCUT2D eigenvalue weighted by Gasteiger charge is -2.18. The highest BCUT2D eigenvalue weighted by atomic mass is 16.3. The molecule has 0 spiro atoms. The second-order valence-electron chi connectivity index (χ2n) is 4.44. The Morgan fingerprint density at radius 1 is 1.00 bits per heavy atom. The minimum atomic E-state index is -0.279. The molecule has 0 aromatic heterocycles. The monoisotopic (exact) mass is 270 g/mol. The summed E-state index contributed by atoms with van der Waals surface area (Å²) in [6.07, 6.45) is 0.478. The molecule has 0 aliphatic carbocycles. The maximum absolute atomic E-state index is 12.0. The van der Waals surface area contributed by atoms with Crippen molar-refractivity contribution in [3.05, 3.63) is 66.2 Å². The van der Waals surface area contributed by atoms with Crippen molar-refractivity contribution in [3.8, 4) is 0 Å². The first-order valence-corrected chi connectivity index (χ1v) is 6.58. The molecular weight excluding hydrogens is 252 g/mol. The van der Waals surface area contributed by atoms with Crippen molar-refractivity contribution < 1.29 is 9.90 Å². The molecule has 0 unspecified atom stereocenters. The van der Waals surface area contributed by atoms with E-state index >= 15 is 0 Å². The van der Waals surface area contributed by atoms with Crippen LogP contribution in [0.15, 0.2) is 60.7 Å². The number of anilines is 1. The van der Waals surface area contributed by atoms with Crippen molar-refractivity contribution in [1.82, 2.24) is 5.32 Å². The van der Waals surface area contributed by atoms with Gasteiger partial charge in [-0.25, -0.2) is 4.79 Å². The lowest BCUT2D eigenvalue weighted by atomic mass is 10.0. The quantitative estimate of drug-likeness (QED) is 0.782. The van der Waals surface area contributed by atoms with Crippen molar-refractivity contribution in [3.63, 3.8) is 0 Å². The van der Waals surface area contributed by atoms with E-state index in [1.165, 1.54) is 0 Å². The molecule has 20 heavy (non-hydrogen) atoms. The second-order valence-corrected chi connectivity index (χ2v) is 4.44. The van der Waals surface area contributed by atoms with Gasteiger partial charge < -0.3 is 15.7 Å². The molecule has 104 valence electrons. The number of urea groups is 1. The third-order valence-corrected chi connectivity index (χ3v) is 2.96. The molecule has 0 bridgehead atoms. The molecule has 2 aromatic carbocycles. The summed E-state index contributed by atoms with van der Waals surface area (Å²) >= 11 is 0. The van der Waals surface area contributed by atoms with Crippen LogP contribution in [0.3, 0.4) is 0 Å². The van der Waals surface area contributed by atoms with Gasteiger partial charge in [-0.2, -0.15) is 0 Å². The minimum absolute atomic E-state index is 0.0190. The number of benzene rings is 2. The number of aliphatic hydroxyl groups excluding tert-OH is 1. The van der Waals surface area contributed by atoms with E-state index in [9.17, 15) is 4.79 Å². The Balaban J connectivity index is 1.99. The van der Waals surface area contributed by atoms with Crippen LogP contribution >= 0.6 is 0 Å². The van der Waals surface area contributed by atoms with Crippen LogP contribution in [0.5, 0.6) is 0 Å². The van der Waals surface area contributed by atoms with Gasteiger partial charge in [-0.15, -0.1) is 0 Å². The smallest absolute Gasteiger partial charge is 0.319 e. The lowest BCUT2D eigenvalue weighted by molar-refractivity contribution is 0.239. The molecule has 0 heterocycles. The number of hydrogen-bond acceptors (Lipinski definition) is 2. The lowest BCUT2D eigenvalue weighted by Crippen LogP contribution is -2.33. The van der Waals surface area contributed by atoms with E-state index in [0.29, 0.717) is 6.42 Å². The van der Waals surface area contributed by atoms with Gasteiger partial charge in [-0.05, 0) is 24.1 Å². The Morgan fingerprint density at radius 3 is 2.20 bits per heavy atom. The van der Waals surface area contributed by atoms with Gasteiger partial charge in [0.05, 0.1) is 6.04 Å². The number of carbonyl (C=O) groups is 1. The number of hydrogen-bond donors (Lipinski definition) is 3. The summed E-state index contributed by atoms with van der Waals surface area (Å²) in [5.74, 6) is 0. The Labute approximate surface area is 118 Å². The zero-order valence-electron chi connectivity index (χ0n) is 11.1. The number of amides is 2. The van der Waals surface area contributed by atoms with Crippen LogP contribution in [-0.4, -0.2) is 17.7 Å². The normalized spacial score (nSPS) is 11.7. The second kappa shape index (κ2) is 7.31. The summed E-state index contributed by atoms with van der Waals surface area (Å²) in [5.41, 5.74) is 1.71. The molecule has 4 heteroatoms. The van der Waals surface area contributed by atoms with E-state index in [1.54, 1.807) is 0 Å². The summed E-state index contributed by atoms with van der Waals surface area (Å²) in [6.45, 7) is 0.0190. The Morgan fingerprint density at radius 2 is 1.60 bits per heavy atom. The predicted octanol–water partition coefficient (Wildman–Crippen LogP) is 2.93. The molecule has 2 amide bonds. The third-order valence-electron chi connectivity index (χ3n) is 2.96. The number of para-hydroxylation sites is 1. The molecule has 1 atom stereocenters. The SMILES string of the molecule is O=C(Nc1ccccc1)N[C@H](CCO)c1ccccc1. The summed E-state index contributed by atoms with van der Waals surface area (Å²) in [5, 5.41) is 14.8. The molecule has 0 fully saturated rings. The van der Waals surface area contributed by atoms with Crippen molar-refractivity contribution in [1.29, 1.82) is 0 Å². The summed E-state index contributed by atoms with van der Waals surface area (Å²) in [7, 11) is 0. The van der Waals surface area contributed by atoms with Crippen molar-refractivity contribution >= 4 is 11.7 Å². The van der Waals surface area contributed by atoms with Crippen molar-refractivity contribution in [2.45, 2.75) is 12.5 Å². The first-order chi connectivity index (χ1) is 9.79. The molecule has 0 aliphatic heterocycles. The summed E-state index contributed by atoms with van der Waals surface area (Å²) in [4.78, 5) is 12.0. The fraction of sp³-hybridized carbons (Fsp3) is 0.188. The highest BCUT2D eigenvalue weighted by Gasteiger charge is 2.13. The number of nitrogens with one attached hydrogen (secondary N) is 2. The Hall–Kier alpha value is -2.33. The van der Waals surface area contributed by atoms with E-state index in [2.05, 4.69) is 10.6 Å². The van der Waals surface area contributed by atoms with E-state index in [1.807, 2.05) is 60.7 Å². The van der Waals surface area contributed by atoms with E-state index in [0.717, 1.165) is 11.3 Å². The zero-order valence-corrected chi connectivity index (χ0v) is 11.1. The summed E-state index contributed by atoms with van der Waals surface area (Å²) < 4.78 is 0. The fourth-order valence-electron chi connectivity index (χ4n) is 1.98. The van der Waals surface area contributed by atoms with Gasteiger partial charge in [0, 0.05) is 12.3 Å². The highest BCUT2D eigenvalue weighted by Crippen LogP contribution is 2.16. The maximum atomic E-state index is 12.0. The average molecular weight is 270 g/mol. The van der Waals surface area contributed by atoms with Crippen molar-refractivity contribution in [2.24, 2.45) is 0 Å². The molecule has 2 rings (SSSR count). The average Bonchev–Trinajstić information content (AvgIpc) is 2.49. The molecule has 0 saturated carbocycles. The fourth-order valence-corrected chi connectivity index (χ4v) is 1.98. The van der Waals surface area contributed by atoms with Crippen LogP contribution in [0.2, 0.25) is 0 Å². The zero-order chi connectivity index (χ0) is 14.2. The molecule has 0 saturated heterocycles. The van der Waals surface area contributed by atoms with Gasteiger partial charge in [-0.1, -0.05) is 48.5 Å². The van der Waals surface area contributed by atoms with Crippen LogP contribution in [0.4, 0.5) is 10.5 Å². The van der Waals surface area contributed by atoms with Crippen molar-refractivity contribution in [2.75, 3.05) is 11.9 Å². The topological polar surface area (TPSA) is 61.4 Å².